The number of carbonyl (C=O) groups is 1. The van der Waals surface area contributed by atoms with Gasteiger partial charge in [-0.05, 0) is 36.2 Å². The number of carbonyl (C=O) groups excluding carboxylic acids is 1. The number of nitrogens with zero attached hydrogens (tertiary/aromatic N) is 2. The molecule has 0 saturated carbocycles. The Kier molecular flexibility index (Phi) is 5.63. The molecule has 3 aromatic rings. The molecule has 0 spiro atoms. The van der Waals surface area contributed by atoms with Gasteiger partial charge in [0, 0.05) is 43.6 Å². The van der Waals surface area contributed by atoms with Crippen LogP contribution < -0.4 is 4.74 Å². The number of hydrogen-bond acceptors (Lipinski definition) is 3. The van der Waals surface area contributed by atoms with Gasteiger partial charge in [0.05, 0.1) is 0 Å². The largest absolute Gasteiger partial charge is 0.492 e. The summed E-state index contributed by atoms with van der Waals surface area (Å²) in [4.78, 5) is 20.3. The molecule has 1 amide bonds. The Morgan fingerprint density at radius 3 is 2.50 bits per heavy atom. The van der Waals surface area contributed by atoms with Crippen LogP contribution in [0.2, 0.25) is 0 Å². The Morgan fingerprint density at radius 2 is 1.79 bits per heavy atom. The van der Waals surface area contributed by atoms with Gasteiger partial charge in [0.1, 0.15) is 18.1 Å². The van der Waals surface area contributed by atoms with Crippen molar-refractivity contribution in [3.63, 3.8) is 0 Å². The summed E-state index contributed by atoms with van der Waals surface area (Å²) in [6, 6.07) is 18.2. The van der Waals surface area contributed by atoms with E-state index in [9.17, 15) is 4.79 Å². The third-order valence-corrected chi connectivity index (χ3v) is 5.43. The number of benzene rings is 2. The number of aryl methyl sites for hydroxylation is 1. The summed E-state index contributed by atoms with van der Waals surface area (Å²) in [5.41, 5.74) is 3.00. The maximum atomic E-state index is 12.8. The number of hydrogen-bond donors (Lipinski definition) is 1. The first-order valence-corrected chi connectivity index (χ1v) is 10.0. The highest BCUT2D eigenvalue weighted by Crippen LogP contribution is 2.17. The van der Waals surface area contributed by atoms with Crippen molar-refractivity contribution in [2.24, 2.45) is 0 Å². The number of H-pyrrole nitrogens is 1. The topological polar surface area (TPSA) is 48.6 Å². The van der Waals surface area contributed by atoms with Crippen LogP contribution in [-0.4, -0.2) is 60.0 Å². The minimum absolute atomic E-state index is 0.0862. The summed E-state index contributed by atoms with van der Waals surface area (Å²) in [5, 5.41) is 1.08. The highest BCUT2D eigenvalue weighted by atomic mass is 16.5. The number of ether oxygens (including phenoxy) is 1. The highest BCUT2D eigenvalue weighted by Gasteiger charge is 2.23. The van der Waals surface area contributed by atoms with Crippen LogP contribution in [0.15, 0.2) is 54.6 Å². The molecule has 5 nitrogen and oxygen atoms in total. The van der Waals surface area contributed by atoms with Gasteiger partial charge in [-0.15, -0.1) is 0 Å². The minimum atomic E-state index is 0.0862. The van der Waals surface area contributed by atoms with Gasteiger partial charge < -0.3 is 14.6 Å². The zero-order valence-corrected chi connectivity index (χ0v) is 16.4. The average molecular weight is 377 g/mol. The molecule has 5 heteroatoms. The van der Waals surface area contributed by atoms with Crippen molar-refractivity contribution in [3.05, 3.63) is 65.9 Å². The van der Waals surface area contributed by atoms with Gasteiger partial charge in [-0.3, -0.25) is 9.69 Å². The molecule has 0 radical (unpaired) electrons. The number of fused-ring (bicyclic) bond motifs is 1. The fourth-order valence-corrected chi connectivity index (χ4v) is 3.65. The SMILES string of the molecule is CCc1ccc(OCCN2CCN(C(=O)c3cc4ccccc4[nH]3)CC2)cc1. The van der Waals surface area contributed by atoms with E-state index >= 15 is 0 Å². The molecule has 0 bridgehead atoms. The van der Waals surface area contributed by atoms with E-state index in [-0.39, 0.29) is 5.91 Å². The van der Waals surface area contributed by atoms with Crippen molar-refractivity contribution >= 4 is 16.8 Å². The van der Waals surface area contributed by atoms with Crippen molar-refractivity contribution in [2.45, 2.75) is 13.3 Å². The summed E-state index contributed by atoms with van der Waals surface area (Å²) >= 11 is 0. The zero-order chi connectivity index (χ0) is 19.3. The van der Waals surface area contributed by atoms with E-state index in [1.807, 2.05) is 47.4 Å². The van der Waals surface area contributed by atoms with Crippen molar-refractivity contribution in [1.82, 2.24) is 14.8 Å². The molecule has 1 aliphatic rings. The third-order valence-electron chi connectivity index (χ3n) is 5.43. The van der Waals surface area contributed by atoms with Gasteiger partial charge in [-0.25, -0.2) is 0 Å². The molecule has 1 aliphatic heterocycles. The molecule has 1 N–H and O–H groups in total. The Labute approximate surface area is 165 Å². The van der Waals surface area contributed by atoms with Crippen LogP contribution in [0.3, 0.4) is 0 Å². The quantitative estimate of drug-likeness (QED) is 0.714. The lowest BCUT2D eigenvalue weighted by Gasteiger charge is -2.34. The van der Waals surface area contributed by atoms with Crippen LogP contribution in [0.4, 0.5) is 0 Å². The van der Waals surface area contributed by atoms with E-state index in [1.165, 1.54) is 5.56 Å². The standard InChI is InChI=1S/C23H27N3O2/c1-2-18-7-9-20(10-8-18)28-16-15-25-11-13-26(14-12-25)23(27)22-17-19-5-3-4-6-21(19)24-22/h3-10,17,24H,2,11-16H2,1H3. The van der Waals surface area contributed by atoms with E-state index < -0.39 is 0 Å². The minimum Gasteiger partial charge on any atom is -0.492 e. The number of aromatic amines is 1. The predicted octanol–water partition coefficient (Wildman–Crippen LogP) is 3.57. The van der Waals surface area contributed by atoms with Gasteiger partial charge >= 0.3 is 0 Å². The van der Waals surface area contributed by atoms with Crippen LogP contribution in [0.25, 0.3) is 10.9 Å². The number of amides is 1. The van der Waals surface area contributed by atoms with Crippen molar-refractivity contribution in [1.29, 1.82) is 0 Å². The average Bonchev–Trinajstić information content (AvgIpc) is 3.18. The third kappa shape index (κ3) is 4.20. The second-order valence-electron chi connectivity index (χ2n) is 7.25. The smallest absolute Gasteiger partial charge is 0.270 e. The molecule has 2 heterocycles. The van der Waals surface area contributed by atoms with Gasteiger partial charge in [0.2, 0.25) is 0 Å². The van der Waals surface area contributed by atoms with Crippen LogP contribution >= 0.6 is 0 Å². The number of nitrogens with one attached hydrogen (secondary N) is 1. The highest BCUT2D eigenvalue weighted by molar-refractivity contribution is 5.98. The second kappa shape index (κ2) is 8.48. The molecule has 1 saturated heterocycles. The maximum absolute atomic E-state index is 12.8. The molecule has 28 heavy (non-hydrogen) atoms. The summed E-state index contributed by atoms with van der Waals surface area (Å²) in [7, 11) is 0. The van der Waals surface area contributed by atoms with E-state index in [1.54, 1.807) is 0 Å². The van der Waals surface area contributed by atoms with Crippen molar-refractivity contribution in [2.75, 3.05) is 39.3 Å². The Hall–Kier alpha value is -2.79. The maximum Gasteiger partial charge on any atom is 0.270 e. The molecule has 0 unspecified atom stereocenters. The van der Waals surface area contributed by atoms with Gasteiger partial charge in [-0.2, -0.15) is 0 Å². The fraction of sp³-hybridized carbons (Fsp3) is 0.348. The molecular formula is C23H27N3O2. The van der Waals surface area contributed by atoms with Crippen LogP contribution in [0.5, 0.6) is 5.75 Å². The first-order chi connectivity index (χ1) is 13.7. The zero-order valence-electron chi connectivity index (χ0n) is 16.4. The monoisotopic (exact) mass is 377 g/mol. The Morgan fingerprint density at radius 1 is 1.04 bits per heavy atom. The summed E-state index contributed by atoms with van der Waals surface area (Å²) < 4.78 is 5.86. The number of para-hydroxylation sites is 1. The van der Waals surface area contributed by atoms with Crippen molar-refractivity contribution in [3.8, 4) is 5.75 Å². The van der Waals surface area contributed by atoms with E-state index in [2.05, 4.69) is 28.9 Å². The first kappa shape index (κ1) is 18.6. The van der Waals surface area contributed by atoms with Gasteiger partial charge in [-0.1, -0.05) is 37.3 Å². The molecule has 1 fully saturated rings. The summed E-state index contributed by atoms with van der Waals surface area (Å²) in [6.07, 6.45) is 1.04. The van der Waals surface area contributed by atoms with Crippen molar-refractivity contribution < 1.29 is 9.53 Å². The van der Waals surface area contributed by atoms with E-state index in [0.29, 0.717) is 12.3 Å². The van der Waals surface area contributed by atoms with E-state index in [0.717, 1.165) is 55.8 Å². The molecule has 0 atom stereocenters. The molecule has 4 rings (SSSR count). The first-order valence-electron chi connectivity index (χ1n) is 10.0. The van der Waals surface area contributed by atoms with Crippen LogP contribution in [-0.2, 0) is 6.42 Å². The normalized spacial score (nSPS) is 15.1. The van der Waals surface area contributed by atoms with Gasteiger partial charge in [0.25, 0.3) is 5.91 Å². The second-order valence-corrected chi connectivity index (χ2v) is 7.25. The summed E-state index contributed by atoms with van der Waals surface area (Å²) in [5.74, 6) is 1.01. The molecule has 146 valence electrons. The predicted molar refractivity (Wildman–Crippen MR) is 112 cm³/mol. The molecule has 2 aromatic carbocycles. The van der Waals surface area contributed by atoms with Crippen LogP contribution in [0.1, 0.15) is 23.0 Å². The van der Waals surface area contributed by atoms with Gasteiger partial charge in [0.15, 0.2) is 0 Å². The summed E-state index contributed by atoms with van der Waals surface area (Å²) in [6.45, 7) is 6.96. The number of rotatable bonds is 6. The lowest BCUT2D eigenvalue weighted by Crippen LogP contribution is -2.49. The Bertz CT molecular complexity index is 891. The number of piperazine rings is 1. The van der Waals surface area contributed by atoms with Crippen LogP contribution in [0, 0.1) is 0 Å². The number of aromatic nitrogens is 1. The molecular weight excluding hydrogens is 350 g/mol. The fourth-order valence-electron chi connectivity index (χ4n) is 3.65. The lowest BCUT2D eigenvalue weighted by molar-refractivity contribution is 0.0615. The van der Waals surface area contributed by atoms with E-state index in [4.69, 9.17) is 4.74 Å². The Balaban J connectivity index is 1.24. The molecule has 0 aliphatic carbocycles. The lowest BCUT2D eigenvalue weighted by atomic mass is 10.2. The molecule has 1 aromatic heterocycles.